The van der Waals surface area contributed by atoms with Crippen molar-refractivity contribution >= 4 is 28.7 Å². The maximum absolute atomic E-state index is 13.0. The standard InChI is InChI=1S/C27H28N4O6/c1-29-26(34)20-14-30(27(29)35)15-22-24(20)19-12-18(32)9-10-21(19)31(22)13-16-5-7-17(8-6-16)25(33)28-37-23-4-2-3-11-36-23/h5-10,12,20,23,32H,2-4,11,13-15H2,1H3,(H,28,33). The number of fused-ring (bicyclic) bond motifs is 6. The van der Waals surface area contributed by atoms with E-state index in [-0.39, 0.29) is 23.6 Å². The van der Waals surface area contributed by atoms with Crippen molar-refractivity contribution in [1.82, 2.24) is 19.8 Å². The number of rotatable bonds is 5. The van der Waals surface area contributed by atoms with Gasteiger partial charge < -0.3 is 19.3 Å². The summed E-state index contributed by atoms with van der Waals surface area (Å²) in [5.74, 6) is -0.933. The third-order valence-electron chi connectivity index (χ3n) is 7.45. The molecule has 3 aromatic rings. The number of hydrogen-bond donors (Lipinski definition) is 2. The number of benzene rings is 2. The summed E-state index contributed by atoms with van der Waals surface area (Å²) in [7, 11) is 1.51. The third-order valence-corrected chi connectivity index (χ3v) is 7.45. The van der Waals surface area contributed by atoms with Crippen molar-refractivity contribution < 1.29 is 29.1 Å². The van der Waals surface area contributed by atoms with Gasteiger partial charge in [-0.25, -0.2) is 15.1 Å². The number of hydroxylamine groups is 1. The molecule has 192 valence electrons. The van der Waals surface area contributed by atoms with Crippen molar-refractivity contribution in [2.24, 2.45) is 0 Å². The second kappa shape index (κ2) is 9.20. The van der Waals surface area contributed by atoms with Crippen LogP contribution in [0, 0.1) is 0 Å². The molecular weight excluding hydrogens is 476 g/mol. The van der Waals surface area contributed by atoms with Gasteiger partial charge in [-0.1, -0.05) is 12.1 Å². The van der Waals surface area contributed by atoms with Crippen molar-refractivity contribution in [1.29, 1.82) is 0 Å². The summed E-state index contributed by atoms with van der Waals surface area (Å²) in [5, 5.41) is 11.0. The van der Waals surface area contributed by atoms with E-state index in [9.17, 15) is 19.5 Å². The number of nitrogens with zero attached hydrogens (tertiary/aromatic N) is 3. The van der Waals surface area contributed by atoms with E-state index < -0.39 is 12.2 Å². The molecule has 1 aromatic heterocycles. The maximum atomic E-state index is 13.0. The number of imide groups is 1. The molecule has 6 rings (SSSR count). The van der Waals surface area contributed by atoms with E-state index in [4.69, 9.17) is 9.57 Å². The summed E-state index contributed by atoms with van der Waals surface area (Å²) in [5.41, 5.74) is 6.51. The van der Waals surface area contributed by atoms with Crippen molar-refractivity contribution in [2.45, 2.75) is 44.6 Å². The lowest BCUT2D eigenvalue weighted by atomic mass is 9.89. The number of aromatic nitrogens is 1. The molecule has 2 N–H and O–H groups in total. The molecule has 3 aliphatic heterocycles. The zero-order valence-electron chi connectivity index (χ0n) is 20.5. The third kappa shape index (κ3) is 4.11. The highest BCUT2D eigenvalue weighted by molar-refractivity contribution is 6.04. The Labute approximate surface area is 213 Å². The largest absolute Gasteiger partial charge is 0.508 e. The van der Waals surface area contributed by atoms with Gasteiger partial charge in [-0.3, -0.25) is 14.5 Å². The molecule has 37 heavy (non-hydrogen) atoms. The number of carbonyl (C=O) groups excluding carboxylic acids is 3. The number of aromatic hydroxyl groups is 1. The number of phenolic OH excluding ortho intramolecular Hbond substituents is 1. The molecule has 2 atom stereocenters. The van der Waals surface area contributed by atoms with Gasteiger partial charge in [0.1, 0.15) is 5.75 Å². The van der Waals surface area contributed by atoms with Crippen LogP contribution in [-0.2, 0) is 27.5 Å². The van der Waals surface area contributed by atoms with E-state index in [1.807, 2.05) is 18.2 Å². The normalized spacial score (nSPS) is 21.3. The van der Waals surface area contributed by atoms with Gasteiger partial charge in [-0.05, 0) is 54.3 Å². The Morgan fingerprint density at radius 1 is 1.16 bits per heavy atom. The second-order valence-corrected chi connectivity index (χ2v) is 9.80. The average Bonchev–Trinajstić information content (AvgIpc) is 3.22. The number of urea groups is 1. The van der Waals surface area contributed by atoms with Crippen LogP contribution in [0.15, 0.2) is 42.5 Å². The number of ether oxygens (including phenoxy) is 1. The highest BCUT2D eigenvalue weighted by Gasteiger charge is 2.44. The van der Waals surface area contributed by atoms with Gasteiger partial charge in [-0.15, -0.1) is 0 Å². The van der Waals surface area contributed by atoms with Crippen molar-refractivity contribution in [3.63, 3.8) is 0 Å². The Morgan fingerprint density at radius 2 is 1.97 bits per heavy atom. The maximum Gasteiger partial charge on any atom is 0.326 e. The van der Waals surface area contributed by atoms with Crippen LogP contribution in [0.2, 0.25) is 0 Å². The smallest absolute Gasteiger partial charge is 0.326 e. The fourth-order valence-corrected chi connectivity index (χ4v) is 5.53. The van der Waals surface area contributed by atoms with Gasteiger partial charge in [0, 0.05) is 55.3 Å². The zero-order chi connectivity index (χ0) is 25.7. The predicted octanol–water partition coefficient (Wildman–Crippen LogP) is 3.07. The van der Waals surface area contributed by atoms with Crippen molar-refractivity contribution in [3.05, 3.63) is 64.8 Å². The quantitative estimate of drug-likeness (QED) is 0.517. The van der Waals surface area contributed by atoms with Crippen molar-refractivity contribution in [3.8, 4) is 5.75 Å². The van der Waals surface area contributed by atoms with Gasteiger partial charge in [0.25, 0.3) is 5.91 Å². The van der Waals surface area contributed by atoms with Gasteiger partial charge in [-0.2, -0.15) is 0 Å². The zero-order valence-corrected chi connectivity index (χ0v) is 20.5. The first-order chi connectivity index (χ1) is 17.9. The van der Waals surface area contributed by atoms with Crippen LogP contribution >= 0.6 is 0 Å². The Bertz CT molecular complexity index is 1390. The Balaban J connectivity index is 1.28. The van der Waals surface area contributed by atoms with Crippen LogP contribution in [0.1, 0.15) is 52.4 Å². The molecule has 10 nitrogen and oxygen atoms in total. The molecular formula is C27H28N4O6. The van der Waals surface area contributed by atoms with E-state index in [2.05, 4.69) is 10.0 Å². The van der Waals surface area contributed by atoms with Crippen LogP contribution in [0.25, 0.3) is 10.9 Å². The summed E-state index contributed by atoms with van der Waals surface area (Å²) < 4.78 is 7.56. The minimum Gasteiger partial charge on any atom is -0.508 e. The Kier molecular flexibility index (Phi) is 5.85. The molecule has 2 fully saturated rings. The van der Waals surface area contributed by atoms with Gasteiger partial charge in [0.05, 0.1) is 12.5 Å². The summed E-state index contributed by atoms with van der Waals surface area (Å²) in [6, 6.07) is 12.1. The van der Waals surface area contributed by atoms with Crippen LogP contribution in [-0.4, -0.2) is 63.8 Å². The molecule has 2 bridgehead atoms. The number of phenols is 1. The van der Waals surface area contributed by atoms with E-state index in [0.29, 0.717) is 31.8 Å². The van der Waals surface area contributed by atoms with E-state index in [0.717, 1.165) is 47.0 Å². The minimum absolute atomic E-state index is 0.124. The van der Waals surface area contributed by atoms with E-state index >= 15 is 0 Å². The Morgan fingerprint density at radius 3 is 2.73 bits per heavy atom. The number of nitrogens with one attached hydrogen (secondary N) is 1. The SMILES string of the molecule is CN1C(=O)C2CN(Cc3c2c2cc(O)ccc2n3Cc2ccc(C(=O)NOC3CCCCO3)cc2)C1=O. The second-order valence-electron chi connectivity index (χ2n) is 9.80. The molecule has 3 aliphatic rings. The number of carbonyl (C=O) groups is 3. The van der Waals surface area contributed by atoms with Crippen LogP contribution in [0.3, 0.4) is 0 Å². The Hall–Kier alpha value is -3.89. The summed E-state index contributed by atoms with van der Waals surface area (Å²) in [4.78, 5) is 46.5. The fraction of sp³-hybridized carbons (Fsp3) is 0.370. The lowest BCUT2D eigenvalue weighted by Crippen LogP contribution is -2.56. The predicted molar refractivity (Wildman–Crippen MR) is 133 cm³/mol. The molecule has 0 radical (unpaired) electrons. The lowest BCUT2D eigenvalue weighted by molar-refractivity contribution is -0.186. The van der Waals surface area contributed by atoms with Crippen LogP contribution in [0.5, 0.6) is 5.75 Å². The number of likely N-dealkylation sites (N-methyl/N-ethyl adjacent to an activating group) is 1. The summed E-state index contributed by atoms with van der Waals surface area (Å²) in [6.07, 6.45) is 2.33. The van der Waals surface area contributed by atoms with E-state index in [1.54, 1.807) is 29.2 Å². The molecule has 4 heterocycles. The number of amides is 4. The summed E-state index contributed by atoms with van der Waals surface area (Å²) >= 11 is 0. The molecule has 10 heteroatoms. The van der Waals surface area contributed by atoms with Gasteiger partial charge in [0.15, 0.2) is 6.29 Å². The fourth-order valence-electron chi connectivity index (χ4n) is 5.53. The molecule has 2 aromatic carbocycles. The monoisotopic (exact) mass is 504 g/mol. The first-order valence-corrected chi connectivity index (χ1v) is 12.5. The first kappa shape index (κ1) is 23.5. The van der Waals surface area contributed by atoms with Gasteiger partial charge >= 0.3 is 6.03 Å². The highest BCUT2D eigenvalue weighted by Crippen LogP contribution is 2.41. The highest BCUT2D eigenvalue weighted by atomic mass is 16.8. The summed E-state index contributed by atoms with van der Waals surface area (Å²) in [6.45, 7) is 1.81. The average molecular weight is 505 g/mol. The molecule has 2 unspecified atom stereocenters. The van der Waals surface area contributed by atoms with Crippen LogP contribution in [0.4, 0.5) is 4.79 Å². The molecule has 0 spiro atoms. The minimum atomic E-state index is -0.476. The number of hydrogen-bond acceptors (Lipinski definition) is 6. The van der Waals surface area contributed by atoms with Gasteiger partial charge in [0.2, 0.25) is 5.91 Å². The lowest BCUT2D eigenvalue weighted by Gasteiger charge is -2.41. The van der Waals surface area contributed by atoms with E-state index in [1.165, 1.54) is 11.9 Å². The molecule has 4 amide bonds. The topological polar surface area (TPSA) is 113 Å². The molecule has 0 saturated carbocycles. The molecule has 0 aliphatic carbocycles. The van der Waals surface area contributed by atoms with Crippen LogP contribution < -0.4 is 5.48 Å². The first-order valence-electron chi connectivity index (χ1n) is 12.5. The molecule has 2 saturated heterocycles. The van der Waals surface area contributed by atoms with Crippen molar-refractivity contribution in [2.75, 3.05) is 20.2 Å².